The summed E-state index contributed by atoms with van der Waals surface area (Å²) in [4.78, 5) is 19.5. The molecule has 2 aromatic rings. The Hall–Kier alpha value is -2.29. The molecule has 3 heterocycles. The zero-order valence-electron chi connectivity index (χ0n) is 22.9. The van der Waals surface area contributed by atoms with Crippen molar-refractivity contribution in [3.8, 4) is 17.2 Å². The molecule has 1 spiro atoms. The van der Waals surface area contributed by atoms with E-state index in [1.165, 1.54) is 0 Å². The molecule has 0 unspecified atom stereocenters. The van der Waals surface area contributed by atoms with Crippen molar-refractivity contribution in [3.05, 3.63) is 56.7 Å². The lowest BCUT2D eigenvalue weighted by molar-refractivity contribution is -0.138. The highest BCUT2D eigenvalue weighted by Crippen LogP contribution is 2.65. The first-order chi connectivity index (χ1) is 18.8. The number of aromatic hydroxyl groups is 1. The number of nitrogens with zero attached hydrogens (tertiary/aromatic N) is 2. The predicted molar refractivity (Wildman–Crippen MR) is 159 cm³/mol. The molecule has 0 radical (unpaired) electrons. The van der Waals surface area contributed by atoms with Crippen molar-refractivity contribution in [3.63, 3.8) is 0 Å². The molecule has 2 bridgehead atoms. The average molecular weight is 614 g/mol. The van der Waals surface area contributed by atoms with E-state index in [0.717, 1.165) is 65.0 Å². The van der Waals surface area contributed by atoms with Crippen molar-refractivity contribution < 1.29 is 19.4 Å². The van der Waals surface area contributed by atoms with Crippen LogP contribution < -0.4 is 9.47 Å². The van der Waals surface area contributed by atoms with Gasteiger partial charge in [0.1, 0.15) is 11.9 Å². The maximum Gasteiger partial charge on any atom is 0.246 e. The molecule has 1 aromatic carbocycles. The number of likely N-dealkylation sites (tertiary alicyclic amines) is 1. The van der Waals surface area contributed by atoms with Gasteiger partial charge in [-0.2, -0.15) is 0 Å². The number of phenolic OH excluding ortho intramolecular Hbond substituents is 1. The highest BCUT2D eigenvalue weighted by molar-refractivity contribution is 9.10. The zero-order valence-corrected chi connectivity index (χ0v) is 25.3. The number of carbonyl (C=O) groups excluding carboxylic acids is 1. The molecule has 2 aliphatic heterocycles. The van der Waals surface area contributed by atoms with Crippen LogP contribution in [0.5, 0.6) is 17.2 Å². The number of methoxy groups -OCH3 is 1. The molecule has 5 atom stereocenters. The molecule has 6 nitrogen and oxygen atoms in total. The van der Waals surface area contributed by atoms with Crippen LogP contribution in [-0.2, 0) is 16.6 Å². The van der Waals surface area contributed by atoms with Crippen LogP contribution in [0.2, 0.25) is 0 Å². The summed E-state index contributed by atoms with van der Waals surface area (Å²) in [5, 5.41) is 13.2. The van der Waals surface area contributed by atoms with Gasteiger partial charge in [0.2, 0.25) is 5.91 Å². The lowest BCUT2D eigenvalue weighted by Crippen LogP contribution is -2.69. The van der Waals surface area contributed by atoms with Gasteiger partial charge in [0.25, 0.3) is 0 Å². The van der Waals surface area contributed by atoms with E-state index in [0.29, 0.717) is 35.9 Å². The number of piperidine rings is 1. The van der Waals surface area contributed by atoms with Crippen molar-refractivity contribution in [1.29, 1.82) is 0 Å². The van der Waals surface area contributed by atoms with Gasteiger partial charge in [0.15, 0.2) is 11.5 Å². The highest BCUT2D eigenvalue weighted by Gasteiger charge is 2.67. The van der Waals surface area contributed by atoms with Gasteiger partial charge < -0.3 is 19.5 Å². The molecular weight excluding hydrogens is 576 g/mol. The minimum Gasteiger partial charge on any atom is -0.508 e. The summed E-state index contributed by atoms with van der Waals surface area (Å²) in [6.45, 7) is 10.8. The Bertz CT molecular complexity index is 1320. The van der Waals surface area contributed by atoms with Crippen molar-refractivity contribution >= 4 is 39.2 Å². The molecule has 1 N–H and O–H groups in total. The SMILES string of the molecule is C=CCN1CC[C@]23c4c5c(O)cc(OC)c4O[C@H]2[C@@H](N(CC(C)C)C(=O)/C=C/c2cc(Br)cs2)CC[C@H]3[C@H]1C5. The lowest BCUT2D eigenvalue weighted by atomic mass is 9.50. The Labute approximate surface area is 243 Å². The number of ether oxygens (including phenoxy) is 2. The third kappa shape index (κ3) is 4.25. The molecular formula is C31H37BrN2O4S. The van der Waals surface area contributed by atoms with Crippen LogP contribution >= 0.6 is 27.3 Å². The molecule has 2 aliphatic carbocycles. The van der Waals surface area contributed by atoms with Gasteiger partial charge in [-0.3, -0.25) is 9.69 Å². The Morgan fingerprint density at radius 3 is 2.92 bits per heavy atom. The molecule has 208 valence electrons. The Morgan fingerprint density at radius 1 is 1.41 bits per heavy atom. The van der Waals surface area contributed by atoms with Crippen LogP contribution in [0.15, 0.2) is 40.7 Å². The molecule has 1 amide bonds. The van der Waals surface area contributed by atoms with Gasteiger partial charge in [0.05, 0.1) is 13.2 Å². The number of hydrogen-bond donors (Lipinski definition) is 1. The standard InChI is InChI=1S/C31H37BrN2O4S/c1-5-11-33-12-10-31-22-7-8-23(34(16-18(2)3)27(36)9-6-20-13-19(32)17-39-20)30(31)38-29-26(37-4)15-25(35)21(28(29)31)14-24(22)33/h5-6,9,13,15,17-18,22-24,30,35H,1,7-8,10-12,14,16H2,2-4H3/b9-6+/t22-,23-,24+,30-,31-/m0/s1. The number of halogens is 1. The van der Waals surface area contributed by atoms with E-state index >= 15 is 0 Å². The van der Waals surface area contributed by atoms with Gasteiger partial charge in [-0.1, -0.05) is 19.9 Å². The van der Waals surface area contributed by atoms with Gasteiger partial charge in [-0.25, -0.2) is 0 Å². The van der Waals surface area contributed by atoms with E-state index in [-0.39, 0.29) is 23.5 Å². The largest absolute Gasteiger partial charge is 0.508 e. The summed E-state index contributed by atoms with van der Waals surface area (Å²) in [5.74, 6) is 2.39. The summed E-state index contributed by atoms with van der Waals surface area (Å²) in [5.41, 5.74) is 1.89. The number of amides is 1. The monoisotopic (exact) mass is 612 g/mol. The normalized spacial score (nSPS) is 28.8. The molecule has 4 aliphatic rings. The lowest BCUT2D eigenvalue weighted by Gasteiger charge is -2.60. The zero-order chi connectivity index (χ0) is 27.5. The fraction of sp³-hybridized carbons (Fsp3) is 0.516. The summed E-state index contributed by atoms with van der Waals surface area (Å²) in [7, 11) is 1.64. The molecule has 1 aromatic heterocycles. The van der Waals surface area contributed by atoms with Crippen LogP contribution in [0.1, 0.15) is 49.1 Å². The topological polar surface area (TPSA) is 62.2 Å². The number of rotatable bonds is 8. The fourth-order valence-corrected chi connectivity index (χ4v) is 9.30. The molecule has 6 rings (SSSR count). The van der Waals surface area contributed by atoms with E-state index in [4.69, 9.17) is 9.47 Å². The van der Waals surface area contributed by atoms with Crippen molar-refractivity contribution in [1.82, 2.24) is 9.80 Å². The van der Waals surface area contributed by atoms with Gasteiger partial charge in [0, 0.05) is 62.5 Å². The molecule has 1 saturated heterocycles. The van der Waals surface area contributed by atoms with E-state index < -0.39 is 0 Å². The maximum atomic E-state index is 13.9. The first-order valence-electron chi connectivity index (χ1n) is 14.0. The minimum absolute atomic E-state index is 0.0270. The second kappa shape index (κ2) is 10.3. The van der Waals surface area contributed by atoms with E-state index in [1.54, 1.807) is 30.6 Å². The molecule has 2 fully saturated rings. The minimum atomic E-state index is -0.252. The highest BCUT2D eigenvalue weighted by atomic mass is 79.9. The predicted octanol–water partition coefficient (Wildman–Crippen LogP) is 6.02. The Morgan fingerprint density at radius 2 is 2.23 bits per heavy atom. The van der Waals surface area contributed by atoms with Crippen LogP contribution in [0.3, 0.4) is 0 Å². The molecule has 39 heavy (non-hydrogen) atoms. The Balaban J connectivity index is 1.43. The average Bonchev–Trinajstić information content (AvgIpc) is 3.48. The summed E-state index contributed by atoms with van der Waals surface area (Å²) in [6.07, 6.45) is 9.09. The van der Waals surface area contributed by atoms with Crippen molar-refractivity contribution in [2.45, 2.75) is 63.1 Å². The second-order valence-electron chi connectivity index (χ2n) is 11.8. The van der Waals surface area contributed by atoms with Crippen LogP contribution in [0.25, 0.3) is 6.08 Å². The van der Waals surface area contributed by atoms with Crippen molar-refractivity contribution in [2.75, 3.05) is 26.7 Å². The first-order valence-corrected chi connectivity index (χ1v) is 15.6. The summed E-state index contributed by atoms with van der Waals surface area (Å²) >= 11 is 5.12. The number of thiophene rings is 1. The quantitative estimate of drug-likeness (QED) is 0.292. The van der Waals surface area contributed by atoms with E-state index in [1.807, 2.05) is 23.6 Å². The van der Waals surface area contributed by atoms with Crippen LogP contribution in [0.4, 0.5) is 0 Å². The number of phenols is 1. The number of benzene rings is 1. The summed E-state index contributed by atoms with van der Waals surface area (Å²) in [6, 6.07) is 3.99. The summed E-state index contributed by atoms with van der Waals surface area (Å²) < 4.78 is 13.7. The molecule has 8 heteroatoms. The maximum absolute atomic E-state index is 13.9. The first kappa shape index (κ1) is 26.9. The third-order valence-corrected chi connectivity index (χ3v) is 11.0. The Kier molecular flexibility index (Phi) is 7.09. The number of hydrogen-bond acceptors (Lipinski definition) is 6. The molecule has 1 saturated carbocycles. The second-order valence-corrected chi connectivity index (χ2v) is 13.7. The van der Waals surface area contributed by atoms with E-state index in [9.17, 15) is 9.90 Å². The van der Waals surface area contributed by atoms with Gasteiger partial charge in [-0.15, -0.1) is 17.9 Å². The van der Waals surface area contributed by atoms with Gasteiger partial charge in [-0.05, 0) is 72.1 Å². The fourth-order valence-electron chi connectivity index (χ4n) is 7.96. The van der Waals surface area contributed by atoms with E-state index in [2.05, 4.69) is 46.2 Å². The van der Waals surface area contributed by atoms with Crippen LogP contribution in [-0.4, -0.2) is 65.7 Å². The van der Waals surface area contributed by atoms with Crippen molar-refractivity contribution in [2.24, 2.45) is 11.8 Å². The van der Waals surface area contributed by atoms with Crippen LogP contribution in [0, 0.1) is 11.8 Å². The third-order valence-electron chi connectivity index (χ3n) is 9.30. The number of carbonyl (C=O) groups is 1. The smallest absolute Gasteiger partial charge is 0.246 e. The van der Waals surface area contributed by atoms with Gasteiger partial charge >= 0.3 is 0 Å².